The van der Waals surface area contributed by atoms with Crippen LogP contribution in [0.25, 0.3) is 0 Å². The van der Waals surface area contributed by atoms with E-state index in [0.717, 1.165) is 17.9 Å². The first-order valence-electron chi connectivity index (χ1n) is 4.96. The molecule has 0 aliphatic rings. The standard InChI is InChI=1S/C11H16N4/c1-4-6-9(5-2)14-10-7-8(3)13-11(12)15-10/h1,7,9H,5-6H2,2-3H3,(H3,12,13,14,15). The minimum Gasteiger partial charge on any atom is -0.368 e. The highest BCUT2D eigenvalue weighted by Gasteiger charge is 2.06. The highest BCUT2D eigenvalue weighted by molar-refractivity contribution is 5.41. The molecule has 80 valence electrons. The lowest BCUT2D eigenvalue weighted by Crippen LogP contribution is -2.19. The maximum atomic E-state index is 5.55. The average molecular weight is 204 g/mol. The number of aromatic nitrogens is 2. The number of hydrogen-bond donors (Lipinski definition) is 2. The number of nitrogens with two attached hydrogens (primary N) is 1. The van der Waals surface area contributed by atoms with Gasteiger partial charge in [0, 0.05) is 24.2 Å². The number of terminal acetylenes is 1. The van der Waals surface area contributed by atoms with Crippen molar-refractivity contribution in [3.8, 4) is 12.3 Å². The molecule has 0 bridgehead atoms. The largest absolute Gasteiger partial charge is 0.368 e. The van der Waals surface area contributed by atoms with Crippen molar-refractivity contribution in [2.75, 3.05) is 11.1 Å². The van der Waals surface area contributed by atoms with Gasteiger partial charge in [-0.15, -0.1) is 12.3 Å². The van der Waals surface area contributed by atoms with Gasteiger partial charge in [-0.3, -0.25) is 0 Å². The number of nitrogen functional groups attached to an aromatic ring is 1. The zero-order valence-electron chi connectivity index (χ0n) is 9.12. The molecule has 0 saturated carbocycles. The minimum atomic E-state index is 0.240. The Balaban J connectivity index is 2.75. The summed E-state index contributed by atoms with van der Waals surface area (Å²) >= 11 is 0. The molecule has 0 radical (unpaired) electrons. The Kier molecular flexibility index (Phi) is 3.92. The molecular formula is C11H16N4. The third-order valence-corrected chi connectivity index (χ3v) is 2.08. The van der Waals surface area contributed by atoms with Crippen molar-refractivity contribution in [3.05, 3.63) is 11.8 Å². The van der Waals surface area contributed by atoms with E-state index >= 15 is 0 Å². The molecule has 0 aliphatic carbocycles. The first-order valence-corrected chi connectivity index (χ1v) is 4.96. The van der Waals surface area contributed by atoms with E-state index in [1.165, 1.54) is 0 Å². The molecule has 1 atom stereocenters. The zero-order valence-corrected chi connectivity index (χ0v) is 9.12. The second-order valence-corrected chi connectivity index (χ2v) is 3.41. The predicted molar refractivity (Wildman–Crippen MR) is 62.3 cm³/mol. The second kappa shape index (κ2) is 5.20. The van der Waals surface area contributed by atoms with E-state index in [0.29, 0.717) is 6.42 Å². The van der Waals surface area contributed by atoms with Gasteiger partial charge < -0.3 is 11.1 Å². The molecule has 0 amide bonds. The molecule has 0 aliphatic heterocycles. The Morgan fingerprint density at radius 2 is 2.33 bits per heavy atom. The van der Waals surface area contributed by atoms with E-state index in [1.807, 2.05) is 13.0 Å². The summed E-state index contributed by atoms with van der Waals surface area (Å²) in [6, 6.07) is 2.10. The summed E-state index contributed by atoms with van der Waals surface area (Å²) in [7, 11) is 0. The smallest absolute Gasteiger partial charge is 0.222 e. The Labute approximate surface area is 90.3 Å². The lowest BCUT2D eigenvalue weighted by atomic mass is 10.1. The van der Waals surface area contributed by atoms with Crippen LogP contribution in [-0.2, 0) is 0 Å². The van der Waals surface area contributed by atoms with Crippen molar-refractivity contribution in [3.63, 3.8) is 0 Å². The van der Waals surface area contributed by atoms with Crippen LogP contribution in [0.4, 0.5) is 11.8 Å². The van der Waals surface area contributed by atoms with E-state index in [4.69, 9.17) is 12.2 Å². The third kappa shape index (κ3) is 3.47. The molecule has 1 unspecified atom stereocenters. The third-order valence-electron chi connectivity index (χ3n) is 2.08. The molecule has 1 aromatic heterocycles. The van der Waals surface area contributed by atoms with Gasteiger partial charge in [-0.1, -0.05) is 6.92 Å². The van der Waals surface area contributed by atoms with Crippen LogP contribution >= 0.6 is 0 Å². The first kappa shape index (κ1) is 11.3. The monoisotopic (exact) mass is 204 g/mol. The summed E-state index contributed by atoms with van der Waals surface area (Å²) in [5.74, 6) is 3.65. The van der Waals surface area contributed by atoms with E-state index in [2.05, 4.69) is 28.1 Å². The Hall–Kier alpha value is -1.76. The van der Waals surface area contributed by atoms with Crippen molar-refractivity contribution in [1.82, 2.24) is 9.97 Å². The number of aryl methyl sites for hydroxylation is 1. The van der Waals surface area contributed by atoms with E-state index in [-0.39, 0.29) is 12.0 Å². The summed E-state index contributed by atoms with van der Waals surface area (Å²) in [6.07, 6.45) is 6.90. The molecule has 1 rings (SSSR count). The summed E-state index contributed by atoms with van der Waals surface area (Å²) in [4.78, 5) is 8.09. The number of anilines is 2. The first-order chi connectivity index (χ1) is 7.15. The van der Waals surface area contributed by atoms with Crippen molar-refractivity contribution in [1.29, 1.82) is 0 Å². The molecule has 3 N–H and O–H groups in total. The summed E-state index contributed by atoms with van der Waals surface area (Å²) < 4.78 is 0. The predicted octanol–water partition coefficient (Wildman–Crippen LogP) is 1.58. The molecule has 4 heteroatoms. The van der Waals surface area contributed by atoms with Crippen LogP contribution in [0, 0.1) is 19.3 Å². The fourth-order valence-corrected chi connectivity index (χ4v) is 1.31. The Morgan fingerprint density at radius 3 is 2.87 bits per heavy atom. The van der Waals surface area contributed by atoms with E-state index < -0.39 is 0 Å². The van der Waals surface area contributed by atoms with Crippen LogP contribution in [0.2, 0.25) is 0 Å². The van der Waals surface area contributed by atoms with Gasteiger partial charge in [-0.2, -0.15) is 4.98 Å². The van der Waals surface area contributed by atoms with Crippen molar-refractivity contribution >= 4 is 11.8 Å². The highest BCUT2D eigenvalue weighted by atomic mass is 15.1. The van der Waals surface area contributed by atoms with Gasteiger partial charge in [0.25, 0.3) is 0 Å². The fourth-order valence-electron chi connectivity index (χ4n) is 1.31. The lowest BCUT2D eigenvalue weighted by Gasteiger charge is -2.15. The summed E-state index contributed by atoms with van der Waals surface area (Å²) in [5, 5.41) is 3.24. The molecule has 0 aromatic carbocycles. The number of rotatable bonds is 4. The van der Waals surface area contributed by atoms with Crippen molar-refractivity contribution < 1.29 is 0 Å². The maximum absolute atomic E-state index is 5.55. The van der Waals surface area contributed by atoms with Gasteiger partial charge >= 0.3 is 0 Å². The van der Waals surface area contributed by atoms with Crippen LogP contribution in [0.3, 0.4) is 0 Å². The summed E-state index contributed by atoms with van der Waals surface area (Å²) in [6.45, 7) is 3.96. The number of nitrogens with one attached hydrogen (secondary N) is 1. The molecule has 0 spiro atoms. The Bertz CT molecular complexity index is 347. The van der Waals surface area contributed by atoms with Crippen molar-refractivity contribution in [2.45, 2.75) is 32.7 Å². The number of nitrogens with zero attached hydrogens (tertiary/aromatic N) is 2. The van der Waals surface area contributed by atoms with Gasteiger partial charge in [0.15, 0.2) is 0 Å². The van der Waals surface area contributed by atoms with E-state index in [1.54, 1.807) is 0 Å². The van der Waals surface area contributed by atoms with Gasteiger partial charge in [-0.25, -0.2) is 4.98 Å². The van der Waals surface area contributed by atoms with E-state index in [9.17, 15) is 0 Å². The van der Waals surface area contributed by atoms with Crippen LogP contribution in [0.1, 0.15) is 25.5 Å². The summed E-state index contributed by atoms with van der Waals surface area (Å²) in [5.41, 5.74) is 6.40. The fraction of sp³-hybridized carbons (Fsp3) is 0.455. The van der Waals surface area contributed by atoms with Gasteiger partial charge in [-0.05, 0) is 13.3 Å². The van der Waals surface area contributed by atoms with Gasteiger partial charge in [0.1, 0.15) is 5.82 Å². The van der Waals surface area contributed by atoms with Gasteiger partial charge in [0.05, 0.1) is 0 Å². The molecule has 1 heterocycles. The molecule has 0 fully saturated rings. The molecule has 1 aromatic rings. The zero-order chi connectivity index (χ0) is 11.3. The number of hydrogen-bond acceptors (Lipinski definition) is 4. The maximum Gasteiger partial charge on any atom is 0.222 e. The molecular weight excluding hydrogens is 188 g/mol. The van der Waals surface area contributed by atoms with Crippen LogP contribution < -0.4 is 11.1 Å². The van der Waals surface area contributed by atoms with Crippen LogP contribution in [0.5, 0.6) is 0 Å². The average Bonchev–Trinajstić information content (AvgIpc) is 2.15. The van der Waals surface area contributed by atoms with Gasteiger partial charge in [0.2, 0.25) is 5.95 Å². The SMILES string of the molecule is C#CCC(CC)Nc1cc(C)nc(N)n1. The molecule has 0 saturated heterocycles. The normalized spacial score (nSPS) is 11.8. The topological polar surface area (TPSA) is 63.8 Å². The quantitative estimate of drug-likeness (QED) is 0.731. The van der Waals surface area contributed by atoms with Crippen molar-refractivity contribution in [2.24, 2.45) is 0 Å². The Morgan fingerprint density at radius 1 is 1.60 bits per heavy atom. The lowest BCUT2D eigenvalue weighted by molar-refractivity contribution is 0.711. The second-order valence-electron chi connectivity index (χ2n) is 3.41. The highest BCUT2D eigenvalue weighted by Crippen LogP contribution is 2.11. The van der Waals surface area contributed by atoms with Crippen LogP contribution in [0.15, 0.2) is 6.07 Å². The van der Waals surface area contributed by atoms with Crippen LogP contribution in [-0.4, -0.2) is 16.0 Å². The minimum absolute atomic E-state index is 0.240. The molecule has 15 heavy (non-hydrogen) atoms. The molecule has 4 nitrogen and oxygen atoms in total.